The lowest BCUT2D eigenvalue weighted by molar-refractivity contribution is -0.170. The molecule has 1 heterocycles. The third kappa shape index (κ3) is 3.84. The van der Waals surface area contributed by atoms with E-state index in [-0.39, 0.29) is 12.5 Å². The molecule has 0 aliphatic heterocycles. The van der Waals surface area contributed by atoms with Gasteiger partial charge < -0.3 is 9.47 Å². The van der Waals surface area contributed by atoms with Gasteiger partial charge in [0.2, 0.25) is 6.10 Å². The fourth-order valence-electron chi connectivity index (χ4n) is 1.25. The molecule has 0 bridgehead atoms. The first-order chi connectivity index (χ1) is 8.56. The Balaban J connectivity index is 2.89. The molecule has 18 heavy (non-hydrogen) atoms. The van der Waals surface area contributed by atoms with Crippen molar-refractivity contribution in [3.05, 3.63) is 30.1 Å². The van der Waals surface area contributed by atoms with Crippen molar-refractivity contribution in [3.8, 4) is 0 Å². The summed E-state index contributed by atoms with van der Waals surface area (Å²) in [5.74, 6) is -1.34. The molecule has 1 aromatic rings. The summed E-state index contributed by atoms with van der Waals surface area (Å²) >= 11 is 0. The Morgan fingerprint density at radius 3 is 2.56 bits per heavy atom. The van der Waals surface area contributed by atoms with Crippen molar-refractivity contribution in [2.45, 2.75) is 26.9 Å². The predicted octanol–water partition coefficient (Wildman–Crippen LogP) is 1.89. The highest BCUT2D eigenvalue weighted by atomic mass is 16.6. The summed E-state index contributed by atoms with van der Waals surface area (Å²) in [6.45, 7) is 5.33. The Labute approximate surface area is 106 Å². The largest absolute Gasteiger partial charge is 0.463 e. The zero-order valence-electron chi connectivity index (χ0n) is 10.8. The molecule has 98 valence electrons. The minimum Gasteiger partial charge on any atom is -0.463 e. The number of hydrogen-bond acceptors (Lipinski definition) is 5. The zero-order chi connectivity index (χ0) is 13.5. The standard InChI is InChI=1S/C13H17NO4/c1-4-17-13(16)11(18-12(15)9(2)3)10-6-5-7-14-8-10/h5-9,11H,4H2,1-3H3. The third-order valence-corrected chi connectivity index (χ3v) is 2.19. The first kappa shape index (κ1) is 14.2. The van der Waals surface area contributed by atoms with Crippen LogP contribution in [0.2, 0.25) is 0 Å². The van der Waals surface area contributed by atoms with E-state index in [1.54, 1.807) is 39.1 Å². The van der Waals surface area contributed by atoms with Crippen molar-refractivity contribution in [1.29, 1.82) is 0 Å². The smallest absolute Gasteiger partial charge is 0.352 e. The van der Waals surface area contributed by atoms with E-state index >= 15 is 0 Å². The van der Waals surface area contributed by atoms with Crippen molar-refractivity contribution in [3.63, 3.8) is 0 Å². The Morgan fingerprint density at radius 2 is 2.06 bits per heavy atom. The number of nitrogens with zero attached hydrogens (tertiary/aromatic N) is 1. The van der Waals surface area contributed by atoms with Gasteiger partial charge in [-0.25, -0.2) is 4.79 Å². The van der Waals surface area contributed by atoms with Crippen LogP contribution in [0.15, 0.2) is 24.5 Å². The molecule has 0 aliphatic rings. The normalized spacial score (nSPS) is 12.0. The van der Waals surface area contributed by atoms with Gasteiger partial charge in [0.1, 0.15) is 0 Å². The van der Waals surface area contributed by atoms with Crippen LogP contribution in [0.3, 0.4) is 0 Å². The van der Waals surface area contributed by atoms with Crippen LogP contribution in [0.25, 0.3) is 0 Å². The molecule has 0 amide bonds. The second kappa shape index (κ2) is 6.74. The van der Waals surface area contributed by atoms with Gasteiger partial charge >= 0.3 is 11.9 Å². The lowest BCUT2D eigenvalue weighted by Gasteiger charge is -2.17. The minimum atomic E-state index is -1.05. The van der Waals surface area contributed by atoms with Gasteiger partial charge in [-0.15, -0.1) is 0 Å². The summed E-state index contributed by atoms with van der Waals surface area (Å²) in [7, 11) is 0. The van der Waals surface area contributed by atoms with Gasteiger partial charge in [-0.05, 0) is 13.0 Å². The second-order valence-electron chi connectivity index (χ2n) is 4.01. The first-order valence-electron chi connectivity index (χ1n) is 5.83. The Morgan fingerprint density at radius 1 is 1.33 bits per heavy atom. The van der Waals surface area contributed by atoms with Crippen molar-refractivity contribution in [2.24, 2.45) is 5.92 Å². The number of aromatic nitrogens is 1. The zero-order valence-corrected chi connectivity index (χ0v) is 10.8. The minimum absolute atomic E-state index is 0.231. The Hall–Kier alpha value is -1.91. The molecule has 1 unspecified atom stereocenters. The van der Waals surface area contributed by atoms with E-state index in [0.29, 0.717) is 5.56 Å². The Bertz CT molecular complexity index is 403. The van der Waals surface area contributed by atoms with Gasteiger partial charge in [0, 0.05) is 18.0 Å². The molecule has 0 saturated carbocycles. The molecule has 1 rings (SSSR count). The van der Waals surface area contributed by atoms with E-state index in [1.165, 1.54) is 6.20 Å². The highest BCUT2D eigenvalue weighted by molar-refractivity contribution is 5.81. The van der Waals surface area contributed by atoms with Crippen molar-refractivity contribution >= 4 is 11.9 Å². The summed E-state index contributed by atoms with van der Waals surface area (Å²) in [6, 6.07) is 3.34. The predicted molar refractivity (Wildman–Crippen MR) is 64.5 cm³/mol. The van der Waals surface area contributed by atoms with Crippen molar-refractivity contribution in [2.75, 3.05) is 6.61 Å². The number of rotatable bonds is 5. The molecule has 1 atom stereocenters. The van der Waals surface area contributed by atoms with Crippen LogP contribution in [-0.2, 0) is 19.1 Å². The van der Waals surface area contributed by atoms with Gasteiger partial charge in [0.05, 0.1) is 12.5 Å². The molecule has 5 heteroatoms. The van der Waals surface area contributed by atoms with Crippen LogP contribution < -0.4 is 0 Å². The topological polar surface area (TPSA) is 65.5 Å². The first-order valence-corrected chi connectivity index (χ1v) is 5.83. The summed E-state index contributed by atoms with van der Waals surface area (Å²) in [5, 5.41) is 0. The highest BCUT2D eigenvalue weighted by Crippen LogP contribution is 2.19. The van der Waals surface area contributed by atoms with Gasteiger partial charge in [-0.1, -0.05) is 19.9 Å². The number of ether oxygens (including phenoxy) is 2. The van der Waals surface area contributed by atoms with Gasteiger partial charge in [-0.2, -0.15) is 0 Å². The Kier molecular flexibility index (Phi) is 5.30. The lowest BCUT2D eigenvalue weighted by Crippen LogP contribution is -2.24. The van der Waals surface area contributed by atoms with Gasteiger partial charge in [-0.3, -0.25) is 9.78 Å². The molecule has 0 aromatic carbocycles. The van der Waals surface area contributed by atoms with E-state index < -0.39 is 18.0 Å². The lowest BCUT2D eigenvalue weighted by atomic mass is 10.1. The fourth-order valence-corrected chi connectivity index (χ4v) is 1.25. The number of carbonyl (C=O) groups excluding carboxylic acids is 2. The summed E-state index contributed by atoms with van der Waals surface area (Å²) in [6.07, 6.45) is 2.01. The number of carbonyl (C=O) groups is 2. The van der Waals surface area contributed by atoms with Crippen molar-refractivity contribution < 1.29 is 19.1 Å². The fraction of sp³-hybridized carbons (Fsp3) is 0.462. The monoisotopic (exact) mass is 251 g/mol. The molecule has 1 aromatic heterocycles. The number of hydrogen-bond donors (Lipinski definition) is 0. The van der Waals surface area contributed by atoms with Crippen LogP contribution in [-0.4, -0.2) is 23.5 Å². The maximum Gasteiger partial charge on any atom is 0.352 e. The second-order valence-corrected chi connectivity index (χ2v) is 4.01. The van der Waals surface area contributed by atoms with E-state index in [9.17, 15) is 9.59 Å². The number of pyridine rings is 1. The highest BCUT2D eigenvalue weighted by Gasteiger charge is 2.27. The van der Waals surface area contributed by atoms with E-state index in [4.69, 9.17) is 9.47 Å². The molecule has 0 spiro atoms. The number of esters is 2. The molecule has 0 aliphatic carbocycles. The quantitative estimate of drug-likeness (QED) is 0.747. The average molecular weight is 251 g/mol. The molecular formula is C13H17NO4. The van der Waals surface area contributed by atoms with E-state index in [2.05, 4.69) is 4.98 Å². The summed E-state index contributed by atoms with van der Waals surface area (Å²) in [5.41, 5.74) is 0.505. The molecule has 0 N–H and O–H groups in total. The molecule has 0 fully saturated rings. The van der Waals surface area contributed by atoms with Crippen LogP contribution in [0, 0.1) is 5.92 Å². The van der Waals surface area contributed by atoms with Crippen molar-refractivity contribution in [1.82, 2.24) is 4.98 Å². The van der Waals surface area contributed by atoms with Gasteiger partial charge in [0.25, 0.3) is 0 Å². The van der Waals surface area contributed by atoms with Crippen LogP contribution in [0.1, 0.15) is 32.4 Å². The average Bonchev–Trinajstić information content (AvgIpc) is 2.36. The van der Waals surface area contributed by atoms with E-state index in [1.807, 2.05) is 0 Å². The summed E-state index contributed by atoms with van der Waals surface area (Å²) in [4.78, 5) is 27.3. The molecular weight excluding hydrogens is 234 g/mol. The molecule has 5 nitrogen and oxygen atoms in total. The van der Waals surface area contributed by atoms with Crippen LogP contribution in [0.5, 0.6) is 0 Å². The SMILES string of the molecule is CCOC(=O)C(OC(=O)C(C)C)c1cccnc1. The maximum atomic E-state index is 11.8. The molecule has 0 saturated heterocycles. The summed E-state index contributed by atoms with van der Waals surface area (Å²) < 4.78 is 10.1. The van der Waals surface area contributed by atoms with Crippen LogP contribution in [0.4, 0.5) is 0 Å². The van der Waals surface area contributed by atoms with Crippen LogP contribution >= 0.6 is 0 Å². The van der Waals surface area contributed by atoms with E-state index in [0.717, 1.165) is 0 Å². The molecule has 0 radical (unpaired) electrons. The maximum absolute atomic E-state index is 11.8. The third-order valence-electron chi connectivity index (χ3n) is 2.19. The van der Waals surface area contributed by atoms with Gasteiger partial charge in [0.15, 0.2) is 0 Å².